The molecule has 4 heteroatoms. The lowest BCUT2D eigenvalue weighted by molar-refractivity contribution is -0.155. The van der Waals surface area contributed by atoms with Crippen molar-refractivity contribution in [2.24, 2.45) is 0 Å². The first-order valence-electron chi connectivity index (χ1n) is 5.55. The van der Waals surface area contributed by atoms with Crippen LogP contribution in [0.3, 0.4) is 0 Å². The molecule has 4 nitrogen and oxygen atoms in total. The van der Waals surface area contributed by atoms with E-state index < -0.39 is 18.2 Å². The van der Waals surface area contributed by atoms with Gasteiger partial charge in [-0.15, -0.1) is 0 Å². The van der Waals surface area contributed by atoms with Crippen molar-refractivity contribution >= 4 is 5.97 Å². The number of aliphatic hydroxyl groups excluding tert-OH is 1. The van der Waals surface area contributed by atoms with Gasteiger partial charge < -0.3 is 14.6 Å². The Hall–Kier alpha value is -1.39. The van der Waals surface area contributed by atoms with Gasteiger partial charge in [-0.2, -0.15) is 0 Å². The Balaban J connectivity index is 2.60. The molecule has 1 N–H and O–H groups in total. The van der Waals surface area contributed by atoms with Crippen LogP contribution in [0, 0.1) is 0 Å². The van der Waals surface area contributed by atoms with E-state index >= 15 is 0 Å². The Kier molecular flexibility index (Phi) is 5.66. The lowest BCUT2D eigenvalue weighted by Gasteiger charge is -2.16. The largest absolute Gasteiger partial charge is 0.467 e. The highest BCUT2D eigenvalue weighted by atomic mass is 16.6. The summed E-state index contributed by atoms with van der Waals surface area (Å²) < 4.78 is 10.0. The van der Waals surface area contributed by atoms with E-state index in [0.29, 0.717) is 6.42 Å². The van der Waals surface area contributed by atoms with Crippen LogP contribution in [-0.2, 0) is 20.7 Å². The highest BCUT2D eigenvalue weighted by molar-refractivity contribution is 5.74. The van der Waals surface area contributed by atoms with Gasteiger partial charge in [-0.3, -0.25) is 0 Å². The molecule has 0 aromatic heterocycles. The van der Waals surface area contributed by atoms with E-state index in [1.807, 2.05) is 30.3 Å². The molecule has 0 aliphatic rings. The van der Waals surface area contributed by atoms with Crippen molar-refractivity contribution in [3.05, 3.63) is 35.9 Å². The Bertz CT molecular complexity index is 335. The average Bonchev–Trinajstić information content (AvgIpc) is 2.34. The average molecular weight is 238 g/mol. The molecule has 0 bridgehead atoms. The molecule has 0 aliphatic heterocycles. The summed E-state index contributed by atoms with van der Waals surface area (Å²) in [6.45, 7) is 1.73. The Morgan fingerprint density at radius 3 is 2.53 bits per heavy atom. The lowest BCUT2D eigenvalue weighted by atomic mass is 10.1. The zero-order valence-corrected chi connectivity index (χ0v) is 10.1. The SMILES string of the molecule is COC(=O)C(Cc1ccccc1)OCC(C)O. The van der Waals surface area contributed by atoms with Crippen LogP contribution in [0.1, 0.15) is 12.5 Å². The van der Waals surface area contributed by atoms with E-state index in [9.17, 15) is 4.79 Å². The standard InChI is InChI=1S/C13H18O4/c1-10(14)9-17-12(13(15)16-2)8-11-6-4-3-5-7-11/h3-7,10,12,14H,8-9H2,1-2H3. The molecule has 0 fully saturated rings. The van der Waals surface area contributed by atoms with Crippen LogP contribution in [0.4, 0.5) is 0 Å². The molecule has 0 radical (unpaired) electrons. The molecular weight excluding hydrogens is 220 g/mol. The molecule has 2 unspecified atom stereocenters. The molecule has 2 atom stereocenters. The van der Waals surface area contributed by atoms with Crippen molar-refractivity contribution in [2.45, 2.75) is 25.6 Å². The molecule has 94 valence electrons. The van der Waals surface area contributed by atoms with Crippen molar-refractivity contribution in [1.29, 1.82) is 0 Å². The monoisotopic (exact) mass is 238 g/mol. The van der Waals surface area contributed by atoms with E-state index in [0.717, 1.165) is 5.56 Å². The quantitative estimate of drug-likeness (QED) is 0.756. The summed E-state index contributed by atoms with van der Waals surface area (Å²) in [7, 11) is 1.33. The fraction of sp³-hybridized carbons (Fsp3) is 0.462. The second kappa shape index (κ2) is 7.04. The second-order valence-corrected chi connectivity index (χ2v) is 3.88. The maximum absolute atomic E-state index is 11.5. The number of hydrogen-bond acceptors (Lipinski definition) is 4. The minimum Gasteiger partial charge on any atom is -0.467 e. The Labute approximate surface area is 101 Å². The Morgan fingerprint density at radius 1 is 1.35 bits per heavy atom. The summed E-state index contributed by atoms with van der Waals surface area (Å²) in [5.74, 6) is -0.422. The summed E-state index contributed by atoms with van der Waals surface area (Å²) >= 11 is 0. The van der Waals surface area contributed by atoms with Gasteiger partial charge in [0.15, 0.2) is 6.10 Å². The normalized spacial score (nSPS) is 14.1. The second-order valence-electron chi connectivity index (χ2n) is 3.88. The molecule has 1 aromatic carbocycles. The molecule has 0 saturated heterocycles. The number of methoxy groups -OCH3 is 1. The van der Waals surface area contributed by atoms with Gasteiger partial charge in [-0.05, 0) is 12.5 Å². The third kappa shape index (κ3) is 4.97. The summed E-state index contributed by atoms with van der Waals surface area (Å²) in [5, 5.41) is 9.14. The number of esters is 1. The van der Waals surface area contributed by atoms with Gasteiger partial charge in [0.2, 0.25) is 0 Å². The van der Waals surface area contributed by atoms with E-state index in [1.165, 1.54) is 7.11 Å². The molecule has 0 saturated carbocycles. The highest BCUT2D eigenvalue weighted by Gasteiger charge is 2.20. The van der Waals surface area contributed by atoms with Gasteiger partial charge in [0, 0.05) is 6.42 Å². The molecule has 0 amide bonds. The van der Waals surface area contributed by atoms with E-state index in [-0.39, 0.29) is 6.61 Å². The molecule has 1 aromatic rings. The number of rotatable bonds is 6. The predicted octanol–water partition coefficient (Wildman–Crippen LogP) is 1.17. The third-order valence-corrected chi connectivity index (χ3v) is 2.27. The summed E-state index contributed by atoms with van der Waals surface area (Å²) in [4.78, 5) is 11.5. The Morgan fingerprint density at radius 2 is 2.00 bits per heavy atom. The maximum Gasteiger partial charge on any atom is 0.335 e. The summed E-state index contributed by atoms with van der Waals surface area (Å²) in [5.41, 5.74) is 0.994. The summed E-state index contributed by atoms with van der Waals surface area (Å²) in [6, 6.07) is 9.55. The van der Waals surface area contributed by atoms with Gasteiger partial charge >= 0.3 is 5.97 Å². The number of carbonyl (C=O) groups excluding carboxylic acids is 1. The van der Waals surface area contributed by atoms with E-state index in [4.69, 9.17) is 9.84 Å². The first-order chi connectivity index (χ1) is 8.13. The number of aliphatic hydroxyl groups is 1. The predicted molar refractivity (Wildman–Crippen MR) is 63.6 cm³/mol. The fourth-order valence-electron chi connectivity index (χ4n) is 1.43. The van der Waals surface area contributed by atoms with Gasteiger partial charge in [-0.1, -0.05) is 30.3 Å². The van der Waals surface area contributed by atoms with Crippen LogP contribution >= 0.6 is 0 Å². The number of benzene rings is 1. The van der Waals surface area contributed by atoms with Crippen LogP contribution < -0.4 is 0 Å². The van der Waals surface area contributed by atoms with Gasteiger partial charge in [0.05, 0.1) is 19.8 Å². The summed E-state index contributed by atoms with van der Waals surface area (Å²) in [6.07, 6.45) is -0.824. The molecular formula is C13H18O4. The van der Waals surface area contributed by atoms with Crippen molar-refractivity contribution < 1.29 is 19.4 Å². The third-order valence-electron chi connectivity index (χ3n) is 2.27. The van der Waals surface area contributed by atoms with Gasteiger partial charge in [0.1, 0.15) is 0 Å². The highest BCUT2D eigenvalue weighted by Crippen LogP contribution is 2.08. The maximum atomic E-state index is 11.5. The smallest absolute Gasteiger partial charge is 0.335 e. The van der Waals surface area contributed by atoms with Crippen LogP contribution in [0.2, 0.25) is 0 Å². The van der Waals surface area contributed by atoms with Gasteiger partial charge in [-0.25, -0.2) is 4.79 Å². The number of carbonyl (C=O) groups is 1. The minimum absolute atomic E-state index is 0.118. The van der Waals surface area contributed by atoms with Crippen LogP contribution in [0.5, 0.6) is 0 Å². The zero-order chi connectivity index (χ0) is 12.7. The number of ether oxygens (including phenoxy) is 2. The molecule has 17 heavy (non-hydrogen) atoms. The van der Waals surface area contributed by atoms with Gasteiger partial charge in [0.25, 0.3) is 0 Å². The number of hydrogen-bond donors (Lipinski definition) is 1. The lowest BCUT2D eigenvalue weighted by Crippen LogP contribution is -2.30. The van der Waals surface area contributed by atoms with Crippen LogP contribution in [0.25, 0.3) is 0 Å². The molecule has 0 aliphatic carbocycles. The van der Waals surface area contributed by atoms with Crippen molar-refractivity contribution in [1.82, 2.24) is 0 Å². The van der Waals surface area contributed by atoms with E-state index in [1.54, 1.807) is 6.92 Å². The fourth-order valence-corrected chi connectivity index (χ4v) is 1.43. The molecule has 0 heterocycles. The van der Waals surface area contributed by atoms with Crippen molar-refractivity contribution in [3.63, 3.8) is 0 Å². The molecule has 0 spiro atoms. The first-order valence-corrected chi connectivity index (χ1v) is 5.55. The first kappa shape index (κ1) is 13.7. The molecule has 1 rings (SSSR count). The minimum atomic E-state index is -0.669. The van der Waals surface area contributed by atoms with Crippen molar-refractivity contribution in [3.8, 4) is 0 Å². The van der Waals surface area contributed by atoms with Crippen LogP contribution in [0.15, 0.2) is 30.3 Å². The van der Waals surface area contributed by atoms with Crippen LogP contribution in [-0.4, -0.2) is 37.0 Å². The zero-order valence-electron chi connectivity index (χ0n) is 10.1. The topological polar surface area (TPSA) is 55.8 Å². The van der Waals surface area contributed by atoms with E-state index in [2.05, 4.69) is 4.74 Å². The van der Waals surface area contributed by atoms with Crippen molar-refractivity contribution in [2.75, 3.05) is 13.7 Å².